The van der Waals surface area contributed by atoms with Gasteiger partial charge in [-0.25, -0.2) is 4.39 Å². The van der Waals surface area contributed by atoms with E-state index in [1.54, 1.807) is 13.8 Å². The number of nitrogens with zero attached hydrogens (tertiary/aromatic N) is 3. The van der Waals surface area contributed by atoms with E-state index in [9.17, 15) is 33.4 Å². The largest absolute Gasteiger partial charge is 0.357 e. The molecule has 1 aromatic rings. The van der Waals surface area contributed by atoms with Crippen LogP contribution in [-0.2, 0) is 5.92 Å². The summed E-state index contributed by atoms with van der Waals surface area (Å²) in [6.07, 6.45) is 0. The van der Waals surface area contributed by atoms with E-state index in [0.717, 1.165) is 0 Å². The molecule has 0 aliphatic carbocycles. The third kappa shape index (κ3) is 4.00. The molecule has 1 aromatic carbocycles. The van der Waals surface area contributed by atoms with E-state index >= 15 is 0 Å². The van der Waals surface area contributed by atoms with E-state index in [-0.39, 0.29) is 13.1 Å². The van der Waals surface area contributed by atoms with Crippen LogP contribution < -0.4 is 4.90 Å². The maximum absolute atomic E-state index is 13.5. The van der Waals surface area contributed by atoms with E-state index in [1.807, 2.05) is 0 Å². The predicted molar refractivity (Wildman–Crippen MR) is 82.3 cm³/mol. The molecule has 0 unspecified atom stereocenters. The highest BCUT2D eigenvalue weighted by molar-refractivity contribution is 5.76. The Bertz CT molecular complexity index is 644. The second kappa shape index (κ2) is 7.28. The number of hydrogen-bond donors (Lipinski definition) is 0. The zero-order chi connectivity index (χ0) is 18.7. The molecule has 7 nitrogen and oxygen atoms in total. The first kappa shape index (κ1) is 19.4. The number of alkyl halides is 3. The summed E-state index contributed by atoms with van der Waals surface area (Å²) in [5.41, 5.74) is -2.71. The molecule has 0 aromatic heterocycles. The molecule has 132 valence electrons. The van der Waals surface area contributed by atoms with Gasteiger partial charge in [0.25, 0.3) is 11.4 Å². The van der Waals surface area contributed by atoms with Crippen molar-refractivity contribution in [2.75, 3.05) is 24.7 Å². The van der Waals surface area contributed by atoms with Crippen molar-refractivity contribution in [2.24, 2.45) is 0 Å². The average Bonchev–Trinajstić information content (AvgIpc) is 2.50. The Morgan fingerprint density at radius 1 is 1.25 bits per heavy atom. The van der Waals surface area contributed by atoms with Crippen molar-refractivity contribution in [1.82, 2.24) is 0 Å². The van der Waals surface area contributed by atoms with E-state index in [1.165, 1.54) is 4.90 Å². The van der Waals surface area contributed by atoms with Gasteiger partial charge in [0.05, 0.1) is 9.85 Å². The molecule has 0 saturated carbocycles. The summed E-state index contributed by atoms with van der Waals surface area (Å²) >= 11 is 0. The van der Waals surface area contributed by atoms with E-state index in [2.05, 4.69) is 6.58 Å². The SMILES string of the molecule is C=C(C)CN(CC)c1c([N+](=O)[O-])cc(C(F)(F)CF)cc1[N+](=O)[O-]. The van der Waals surface area contributed by atoms with Crippen molar-refractivity contribution in [2.45, 2.75) is 19.8 Å². The molecule has 0 atom stereocenters. The fraction of sp³-hybridized carbons (Fsp3) is 0.429. The third-order valence-corrected chi connectivity index (χ3v) is 3.21. The lowest BCUT2D eigenvalue weighted by Crippen LogP contribution is -2.27. The quantitative estimate of drug-likeness (QED) is 0.403. The number of nitro benzene ring substituents is 2. The lowest BCUT2D eigenvalue weighted by molar-refractivity contribution is -0.392. The minimum atomic E-state index is -4.06. The monoisotopic (exact) mass is 347 g/mol. The number of anilines is 1. The Morgan fingerprint density at radius 2 is 1.71 bits per heavy atom. The predicted octanol–water partition coefficient (Wildman–Crippen LogP) is 3.97. The molecule has 0 radical (unpaired) electrons. The van der Waals surface area contributed by atoms with Gasteiger partial charge in [0.15, 0.2) is 12.4 Å². The van der Waals surface area contributed by atoms with E-state index < -0.39 is 45.1 Å². The third-order valence-electron chi connectivity index (χ3n) is 3.21. The van der Waals surface area contributed by atoms with Crippen LogP contribution in [0.1, 0.15) is 19.4 Å². The van der Waals surface area contributed by atoms with Gasteiger partial charge >= 0.3 is 5.92 Å². The number of benzene rings is 1. The smallest absolute Gasteiger partial charge is 0.301 e. The first-order chi connectivity index (χ1) is 11.0. The Hall–Kier alpha value is -2.65. The summed E-state index contributed by atoms with van der Waals surface area (Å²) in [6, 6.07) is 0.950. The number of likely N-dealkylation sites (N-methyl/N-ethyl adjacent to an activating group) is 1. The molecular weight excluding hydrogens is 331 g/mol. The van der Waals surface area contributed by atoms with Crippen molar-refractivity contribution < 1.29 is 23.0 Å². The van der Waals surface area contributed by atoms with Gasteiger partial charge in [0, 0.05) is 30.8 Å². The van der Waals surface area contributed by atoms with Crippen LogP contribution >= 0.6 is 0 Å². The topological polar surface area (TPSA) is 89.5 Å². The standard InChI is InChI=1S/C14H16F3N3O4/c1-4-18(7-9(2)3)13-11(19(21)22)5-10(14(16,17)8-15)6-12(13)20(23)24/h5-6H,2,4,7-8H2,1,3H3. The molecule has 0 spiro atoms. The van der Waals surface area contributed by atoms with Gasteiger partial charge in [-0.15, -0.1) is 0 Å². The van der Waals surface area contributed by atoms with Gasteiger partial charge in [0.2, 0.25) is 0 Å². The van der Waals surface area contributed by atoms with Crippen molar-refractivity contribution in [1.29, 1.82) is 0 Å². The lowest BCUT2D eigenvalue weighted by Gasteiger charge is -2.23. The Morgan fingerprint density at radius 3 is 2.00 bits per heavy atom. The molecule has 0 N–H and O–H groups in total. The Balaban J connectivity index is 3.76. The summed E-state index contributed by atoms with van der Waals surface area (Å²) in [6.45, 7) is 4.94. The van der Waals surface area contributed by atoms with Gasteiger partial charge in [-0.05, 0) is 13.8 Å². The highest BCUT2D eigenvalue weighted by atomic mass is 19.3. The Labute approximate surface area is 135 Å². The molecule has 0 aliphatic rings. The lowest BCUT2D eigenvalue weighted by atomic mass is 10.0. The van der Waals surface area contributed by atoms with E-state index in [0.29, 0.717) is 17.7 Å². The normalized spacial score (nSPS) is 11.2. The van der Waals surface area contributed by atoms with Crippen molar-refractivity contribution in [3.63, 3.8) is 0 Å². The minimum Gasteiger partial charge on any atom is -0.357 e. The maximum atomic E-state index is 13.5. The summed E-state index contributed by atoms with van der Waals surface area (Å²) in [5.74, 6) is -4.06. The molecule has 0 aliphatic heterocycles. The minimum absolute atomic E-state index is 0.0665. The zero-order valence-corrected chi connectivity index (χ0v) is 13.1. The second-order valence-corrected chi connectivity index (χ2v) is 5.19. The van der Waals surface area contributed by atoms with Crippen LogP contribution in [0.15, 0.2) is 24.3 Å². The molecule has 10 heteroatoms. The van der Waals surface area contributed by atoms with Gasteiger partial charge in [-0.3, -0.25) is 20.2 Å². The van der Waals surface area contributed by atoms with Crippen LogP contribution in [0.4, 0.5) is 30.2 Å². The van der Waals surface area contributed by atoms with Crippen LogP contribution in [-0.4, -0.2) is 29.6 Å². The van der Waals surface area contributed by atoms with Gasteiger partial charge < -0.3 is 4.90 Å². The first-order valence-electron chi connectivity index (χ1n) is 6.85. The Kier molecular flexibility index (Phi) is 5.88. The molecule has 0 heterocycles. The van der Waals surface area contributed by atoms with Crippen LogP contribution in [0.3, 0.4) is 0 Å². The maximum Gasteiger partial charge on any atom is 0.301 e. The molecule has 1 rings (SSSR count). The number of rotatable bonds is 8. The summed E-state index contributed by atoms with van der Waals surface area (Å²) < 4.78 is 39.6. The number of nitro groups is 2. The summed E-state index contributed by atoms with van der Waals surface area (Å²) in [5, 5.41) is 22.5. The summed E-state index contributed by atoms with van der Waals surface area (Å²) in [7, 11) is 0. The molecule has 0 saturated heterocycles. The summed E-state index contributed by atoms with van der Waals surface area (Å²) in [4.78, 5) is 21.8. The van der Waals surface area contributed by atoms with Crippen molar-refractivity contribution >= 4 is 17.1 Å². The van der Waals surface area contributed by atoms with Crippen LogP contribution in [0.25, 0.3) is 0 Å². The van der Waals surface area contributed by atoms with Crippen molar-refractivity contribution in [3.05, 3.63) is 50.1 Å². The van der Waals surface area contributed by atoms with E-state index in [4.69, 9.17) is 0 Å². The fourth-order valence-electron chi connectivity index (χ4n) is 2.17. The van der Waals surface area contributed by atoms with Crippen molar-refractivity contribution in [3.8, 4) is 0 Å². The van der Waals surface area contributed by atoms with Crippen LogP contribution in [0.5, 0.6) is 0 Å². The molecule has 24 heavy (non-hydrogen) atoms. The van der Waals surface area contributed by atoms with Gasteiger partial charge in [0.1, 0.15) is 0 Å². The number of halogens is 3. The molecule has 0 bridgehead atoms. The molecule has 0 fully saturated rings. The van der Waals surface area contributed by atoms with Crippen LogP contribution in [0, 0.1) is 20.2 Å². The van der Waals surface area contributed by atoms with Crippen LogP contribution in [0.2, 0.25) is 0 Å². The van der Waals surface area contributed by atoms with Gasteiger partial charge in [-0.1, -0.05) is 12.2 Å². The fourth-order valence-corrected chi connectivity index (χ4v) is 2.17. The van der Waals surface area contributed by atoms with Gasteiger partial charge in [-0.2, -0.15) is 8.78 Å². The highest BCUT2D eigenvalue weighted by Gasteiger charge is 2.39. The second-order valence-electron chi connectivity index (χ2n) is 5.19. The highest BCUT2D eigenvalue weighted by Crippen LogP contribution is 2.42. The number of hydrogen-bond acceptors (Lipinski definition) is 5. The first-order valence-corrected chi connectivity index (χ1v) is 6.85. The molecular formula is C14H16F3N3O4. The average molecular weight is 347 g/mol. The molecule has 0 amide bonds. The zero-order valence-electron chi connectivity index (χ0n) is 13.1.